The van der Waals surface area contributed by atoms with Gasteiger partial charge in [-0.3, -0.25) is 9.69 Å². The van der Waals surface area contributed by atoms with Gasteiger partial charge in [-0.05, 0) is 57.0 Å². The summed E-state index contributed by atoms with van der Waals surface area (Å²) in [5.74, 6) is 0.279. The minimum absolute atomic E-state index is 0.128. The molecule has 2 aliphatic heterocycles. The predicted molar refractivity (Wildman–Crippen MR) is 169 cm³/mol. The van der Waals surface area contributed by atoms with Crippen LogP contribution in [-0.4, -0.2) is 79.8 Å². The van der Waals surface area contributed by atoms with Crippen LogP contribution in [0.3, 0.4) is 0 Å². The van der Waals surface area contributed by atoms with Gasteiger partial charge in [0.2, 0.25) is 0 Å². The van der Waals surface area contributed by atoms with Gasteiger partial charge in [0.1, 0.15) is 46.8 Å². The molecule has 6 rings (SSSR count). The maximum absolute atomic E-state index is 15.6. The van der Waals surface area contributed by atoms with Crippen LogP contribution >= 0.6 is 0 Å². The number of likely N-dealkylation sites (tertiary alicyclic amines) is 1. The number of carbonyl (C=O) groups excluding carboxylic acids is 1. The summed E-state index contributed by atoms with van der Waals surface area (Å²) in [5.41, 5.74) is 6.93. The second-order valence-corrected chi connectivity index (χ2v) is 11.9. The molecule has 2 saturated heterocycles. The Kier molecular flexibility index (Phi) is 8.47. The molecule has 0 radical (unpaired) electrons. The molecule has 45 heavy (non-hydrogen) atoms. The zero-order chi connectivity index (χ0) is 31.6. The van der Waals surface area contributed by atoms with Crippen molar-refractivity contribution in [2.75, 3.05) is 38.5 Å². The number of piperazine rings is 1. The number of nitrogens with two attached hydrogens (primary N) is 1. The van der Waals surface area contributed by atoms with Crippen LogP contribution in [-0.2, 0) is 11.3 Å². The summed E-state index contributed by atoms with van der Waals surface area (Å²) in [7, 11) is 0. The Morgan fingerprint density at radius 1 is 1.16 bits per heavy atom. The maximum Gasteiger partial charge on any atom is 0.264 e. The van der Waals surface area contributed by atoms with E-state index < -0.39 is 11.4 Å². The lowest BCUT2D eigenvalue weighted by Gasteiger charge is -2.39. The largest absolute Gasteiger partial charge is 0.457 e. The second kappa shape index (κ2) is 12.6. The fourth-order valence-electron chi connectivity index (χ4n) is 6.20. The fourth-order valence-corrected chi connectivity index (χ4v) is 6.20. The molecule has 1 atom stereocenters. The number of aromatic nitrogens is 4. The molecule has 2 aromatic heterocycles. The summed E-state index contributed by atoms with van der Waals surface area (Å²) in [6.45, 7) is 8.30. The lowest BCUT2D eigenvalue weighted by atomic mass is 9.97. The molecular formula is C33H36FN9O2. The lowest BCUT2D eigenvalue weighted by Crippen LogP contribution is -2.52. The van der Waals surface area contributed by atoms with Crippen molar-refractivity contribution >= 4 is 22.8 Å². The zero-order valence-electron chi connectivity index (χ0n) is 25.4. The van der Waals surface area contributed by atoms with Gasteiger partial charge in [0.25, 0.3) is 5.91 Å². The molecule has 4 aromatic rings. The molecule has 0 aliphatic carbocycles. The van der Waals surface area contributed by atoms with Crippen LogP contribution in [0.15, 0.2) is 66.5 Å². The first-order valence-corrected chi connectivity index (χ1v) is 15.1. The number of halogens is 1. The van der Waals surface area contributed by atoms with Crippen molar-refractivity contribution in [2.45, 2.75) is 44.8 Å². The average molecular weight is 610 g/mol. The standard InChI is InChI=1S/C33H36FN9O2/c1-33(2,41-15-12-37-13-16-41)18-22(19-35)32(44)42-14-6-7-23(42)20-43-31-28(30(36)38-21-39-31)29(40-43)26-11-10-25(17-27(26)34)45-24-8-4-3-5-9-24/h3-5,8-11,17-18,21,23,37H,6-7,12-16,20H2,1-2H3,(H2,36,38,39)/b22-18+. The first-order chi connectivity index (χ1) is 21.7. The highest BCUT2D eigenvalue weighted by molar-refractivity contribution is 5.99. The van der Waals surface area contributed by atoms with Crippen LogP contribution in [0.1, 0.15) is 26.7 Å². The molecule has 0 saturated carbocycles. The number of amides is 1. The normalized spacial score (nSPS) is 17.9. The number of hydrogen-bond acceptors (Lipinski definition) is 9. The molecule has 4 heterocycles. The Labute approximate surface area is 261 Å². The van der Waals surface area contributed by atoms with E-state index in [1.54, 1.807) is 39.9 Å². The highest BCUT2D eigenvalue weighted by Gasteiger charge is 2.34. The van der Waals surface area contributed by atoms with Crippen LogP contribution < -0.4 is 15.8 Å². The summed E-state index contributed by atoms with van der Waals surface area (Å²) >= 11 is 0. The number of nitrogens with zero attached hydrogens (tertiary/aromatic N) is 7. The van der Waals surface area contributed by atoms with Gasteiger partial charge >= 0.3 is 0 Å². The number of hydrogen-bond donors (Lipinski definition) is 2. The monoisotopic (exact) mass is 609 g/mol. The van der Waals surface area contributed by atoms with E-state index in [2.05, 4.69) is 26.3 Å². The van der Waals surface area contributed by atoms with Gasteiger partial charge in [0, 0.05) is 49.9 Å². The minimum atomic E-state index is -0.535. The Balaban J connectivity index is 1.28. The molecule has 11 nitrogen and oxygen atoms in total. The van der Waals surface area contributed by atoms with E-state index >= 15 is 4.39 Å². The molecule has 0 bridgehead atoms. The molecule has 2 aromatic carbocycles. The van der Waals surface area contributed by atoms with Crippen molar-refractivity contribution in [3.8, 4) is 28.8 Å². The molecule has 1 amide bonds. The van der Waals surface area contributed by atoms with E-state index in [9.17, 15) is 10.1 Å². The molecule has 2 fully saturated rings. The van der Waals surface area contributed by atoms with Gasteiger partial charge < -0.3 is 20.7 Å². The number of anilines is 1. The zero-order valence-corrected chi connectivity index (χ0v) is 25.4. The van der Waals surface area contributed by atoms with Crippen LogP contribution in [0.5, 0.6) is 11.5 Å². The smallest absolute Gasteiger partial charge is 0.264 e. The topological polar surface area (TPSA) is 138 Å². The Bertz CT molecular complexity index is 1770. The van der Waals surface area contributed by atoms with Crippen LogP contribution in [0.4, 0.5) is 10.2 Å². The average Bonchev–Trinajstić information content (AvgIpc) is 3.66. The Hall–Kier alpha value is -4.86. The molecule has 1 unspecified atom stereocenters. The number of rotatable bonds is 8. The molecule has 232 valence electrons. The van der Waals surface area contributed by atoms with E-state index in [1.807, 2.05) is 32.0 Å². The van der Waals surface area contributed by atoms with Crippen molar-refractivity contribution in [1.82, 2.24) is 34.9 Å². The first-order valence-electron chi connectivity index (χ1n) is 15.1. The third-order valence-electron chi connectivity index (χ3n) is 8.54. The Morgan fingerprint density at radius 2 is 1.93 bits per heavy atom. The third-order valence-corrected chi connectivity index (χ3v) is 8.54. The van der Waals surface area contributed by atoms with Gasteiger partial charge in [0.15, 0.2) is 5.65 Å². The van der Waals surface area contributed by atoms with Gasteiger partial charge in [-0.15, -0.1) is 0 Å². The molecule has 3 N–H and O–H groups in total. The second-order valence-electron chi connectivity index (χ2n) is 11.9. The summed E-state index contributed by atoms with van der Waals surface area (Å²) in [6.07, 6.45) is 4.65. The van der Waals surface area contributed by atoms with Crippen LogP contribution in [0, 0.1) is 17.1 Å². The van der Waals surface area contributed by atoms with Crippen LogP contribution in [0.25, 0.3) is 22.3 Å². The van der Waals surface area contributed by atoms with Gasteiger partial charge in [-0.1, -0.05) is 18.2 Å². The first kappa shape index (κ1) is 30.2. The quantitative estimate of drug-likeness (QED) is 0.223. The van der Waals surface area contributed by atoms with E-state index in [0.29, 0.717) is 41.3 Å². The number of nitriles is 1. The number of ether oxygens (including phenoxy) is 1. The van der Waals surface area contributed by atoms with E-state index in [1.165, 1.54) is 12.4 Å². The minimum Gasteiger partial charge on any atom is -0.457 e. The molecule has 2 aliphatic rings. The van der Waals surface area contributed by atoms with Gasteiger partial charge in [0.05, 0.1) is 18.0 Å². The van der Waals surface area contributed by atoms with E-state index in [-0.39, 0.29) is 28.9 Å². The number of benzene rings is 2. The SMILES string of the molecule is CC(C)(/C=C(\C#N)C(=O)N1CCCC1Cn1nc(-c2ccc(Oc3ccccc3)cc2F)c2c(N)ncnc21)N1CCNCC1. The summed E-state index contributed by atoms with van der Waals surface area (Å²) < 4.78 is 23.0. The van der Waals surface area contributed by atoms with Crippen molar-refractivity contribution in [2.24, 2.45) is 0 Å². The van der Waals surface area contributed by atoms with E-state index in [0.717, 1.165) is 39.0 Å². The molecular weight excluding hydrogens is 573 g/mol. The summed E-state index contributed by atoms with van der Waals surface area (Å²) in [6, 6.07) is 15.6. The maximum atomic E-state index is 15.6. The number of nitrogen functional groups attached to an aromatic ring is 1. The third kappa shape index (κ3) is 6.22. The number of carbonyl (C=O) groups is 1. The number of para-hydroxylation sites is 1. The van der Waals surface area contributed by atoms with Crippen LogP contribution in [0.2, 0.25) is 0 Å². The predicted octanol–water partition coefficient (Wildman–Crippen LogP) is 4.13. The van der Waals surface area contributed by atoms with E-state index in [4.69, 9.17) is 15.6 Å². The molecule has 12 heteroatoms. The summed E-state index contributed by atoms with van der Waals surface area (Å²) in [4.78, 5) is 26.4. The highest BCUT2D eigenvalue weighted by Crippen LogP contribution is 2.35. The van der Waals surface area contributed by atoms with Crippen molar-refractivity contribution in [3.63, 3.8) is 0 Å². The fraction of sp³-hybridized carbons (Fsp3) is 0.364. The van der Waals surface area contributed by atoms with Gasteiger partial charge in [-0.2, -0.15) is 10.4 Å². The molecule has 0 spiro atoms. The van der Waals surface area contributed by atoms with Crippen molar-refractivity contribution in [1.29, 1.82) is 5.26 Å². The number of nitrogens with one attached hydrogen (secondary N) is 1. The van der Waals surface area contributed by atoms with Crippen molar-refractivity contribution < 1.29 is 13.9 Å². The lowest BCUT2D eigenvalue weighted by molar-refractivity contribution is -0.127. The summed E-state index contributed by atoms with van der Waals surface area (Å²) in [5, 5.41) is 18.6. The van der Waals surface area contributed by atoms with Gasteiger partial charge in [-0.25, -0.2) is 19.0 Å². The van der Waals surface area contributed by atoms with Crippen molar-refractivity contribution in [3.05, 3.63) is 72.3 Å². The number of fused-ring (bicyclic) bond motifs is 1. The Morgan fingerprint density at radius 3 is 2.67 bits per heavy atom. The highest BCUT2D eigenvalue weighted by atomic mass is 19.1.